The lowest BCUT2D eigenvalue weighted by atomic mass is 9.85. The number of carbonyl (C=O) groups excluding carboxylic acids is 2. The minimum Gasteiger partial charge on any atom is -0.481 e. The number of carboxylic acids is 1. The molecule has 0 saturated carbocycles. The third kappa shape index (κ3) is 7.58. The second-order valence-corrected chi connectivity index (χ2v) is 11.1. The van der Waals surface area contributed by atoms with Crippen molar-refractivity contribution in [1.29, 1.82) is 0 Å². The van der Waals surface area contributed by atoms with Crippen molar-refractivity contribution in [2.45, 2.75) is 65.0 Å². The molecule has 2 amide bonds. The van der Waals surface area contributed by atoms with Gasteiger partial charge in [0.25, 0.3) is 0 Å². The van der Waals surface area contributed by atoms with Gasteiger partial charge in [-0.3, -0.25) is 19.3 Å². The number of rotatable bonds is 14. The van der Waals surface area contributed by atoms with Gasteiger partial charge in [-0.2, -0.15) is 0 Å². The summed E-state index contributed by atoms with van der Waals surface area (Å²) in [6.45, 7) is 8.31. The molecule has 3 atom stereocenters. The number of nitrogens with zero attached hydrogens (tertiary/aromatic N) is 3. The molecule has 0 radical (unpaired) electrons. The predicted molar refractivity (Wildman–Crippen MR) is 156 cm³/mol. The van der Waals surface area contributed by atoms with Gasteiger partial charge in [0.1, 0.15) is 0 Å². The molecule has 4 rings (SSSR count). The summed E-state index contributed by atoms with van der Waals surface area (Å²) >= 11 is 0. The fraction of sp³-hybridized carbons (Fsp3) is 0.531. The Bertz CT molecular complexity index is 1180. The van der Waals surface area contributed by atoms with Gasteiger partial charge in [-0.15, -0.1) is 0 Å². The van der Waals surface area contributed by atoms with Gasteiger partial charge >= 0.3 is 5.97 Å². The van der Waals surface area contributed by atoms with E-state index in [-0.39, 0.29) is 37.6 Å². The van der Waals surface area contributed by atoms with Gasteiger partial charge in [-0.25, -0.2) is 0 Å². The van der Waals surface area contributed by atoms with E-state index in [1.165, 1.54) is 6.92 Å². The minimum atomic E-state index is -0.940. The minimum absolute atomic E-state index is 0.00445. The smallest absolute Gasteiger partial charge is 0.308 e. The number of unbranched alkanes of at least 4 members (excludes halogenated alkanes) is 2. The monoisotopic (exact) mass is 565 g/mol. The Balaban J connectivity index is 1.65. The number of carbonyl (C=O) groups is 3. The van der Waals surface area contributed by atoms with Gasteiger partial charge in [0.15, 0.2) is 11.5 Å². The molecule has 0 aromatic heterocycles. The van der Waals surface area contributed by atoms with Crippen molar-refractivity contribution >= 4 is 17.8 Å². The summed E-state index contributed by atoms with van der Waals surface area (Å²) in [5.74, 6) is -1.05. The molecule has 2 aliphatic rings. The van der Waals surface area contributed by atoms with Gasteiger partial charge in [0.05, 0.1) is 12.5 Å². The number of hydrogen-bond donors (Lipinski definition) is 1. The Morgan fingerprint density at radius 1 is 0.951 bits per heavy atom. The van der Waals surface area contributed by atoms with Crippen molar-refractivity contribution in [3.05, 3.63) is 59.7 Å². The number of carboxylic acid groups (broad SMARTS) is 1. The first-order valence-corrected chi connectivity index (χ1v) is 14.8. The summed E-state index contributed by atoms with van der Waals surface area (Å²) in [6.07, 6.45) is 3.82. The number of amides is 2. The average Bonchev–Trinajstić information content (AvgIpc) is 3.57. The highest BCUT2D eigenvalue weighted by molar-refractivity contribution is 5.79. The Morgan fingerprint density at radius 2 is 1.63 bits per heavy atom. The van der Waals surface area contributed by atoms with Crippen LogP contribution in [0.1, 0.15) is 63.5 Å². The van der Waals surface area contributed by atoms with E-state index in [0.717, 1.165) is 36.8 Å². The van der Waals surface area contributed by atoms with E-state index >= 15 is 0 Å². The lowest BCUT2D eigenvalue weighted by Gasteiger charge is -2.33. The standard InChI is InChI=1S/C32H43N3O6/c1-4-6-15-33(16-7-5-2)30(37)21-35-19-26(25-13-14-28-29(17-25)41-22-40-28)31(32(38)39)27(35)20-34(23(3)36)18-24-11-9-8-10-12-24/h8-14,17,26-27,31H,4-7,15-16,18-22H2,1-3H3,(H,38,39)/t26-,27-,31+/m1/s1. The molecule has 2 aliphatic heterocycles. The number of likely N-dealkylation sites (tertiary alicyclic amines) is 1. The molecule has 1 N–H and O–H groups in total. The highest BCUT2D eigenvalue weighted by atomic mass is 16.7. The van der Waals surface area contributed by atoms with E-state index < -0.39 is 17.9 Å². The van der Waals surface area contributed by atoms with Crippen LogP contribution >= 0.6 is 0 Å². The highest BCUT2D eigenvalue weighted by Crippen LogP contribution is 2.42. The van der Waals surface area contributed by atoms with Gasteiger partial charge < -0.3 is 24.4 Å². The van der Waals surface area contributed by atoms with Crippen molar-refractivity contribution < 1.29 is 29.0 Å². The zero-order valence-electron chi connectivity index (χ0n) is 24.5. The van der Waals surface area contributed by atoms with Crippen molar-refractivity contribution in [3.63, 3.8) is 0 Å². The molecule has 2 heterocycles. The highest BCUT2D eigenvalue weighted by Gasteiger charge is 2.48. The Kier molecular flexibility index (Phi) is 10.6. The van der Waals surface area contributed by atoms with Crippen LogP contribution in [-0.4, -0.2) is 83.1 Å². The molecule has 2 aromatic rings. The summed E-state index contributed by atoms with van der Waals surface area (Å²) < 4.78 is 11.1. The van der Waals surface area contributed by atoms with Crippen LogP contribution < -0.4 is 9.47 Å². The fourth-order valence-electron chi connectivity index (χ4n) is 5.87. The molecule has 0 aliphatic carbocycles. The fourth-order valence-corrected chi connectivity index (χ4v) is 5.87. The summed E-state index contributed by atoms with van der Waals surface area (Å²) in [5.41, 5.74) is 1.79. The molecule has 41 heavy (non-hydrogen) atoms. The molecule has 9 nitrogen and oxygen atoms in total. The summed E-state index contributed by atoms with van der Waals surface area (Å²) in [5, 5.41) is 10.6. The SMILES string of the molecule is CCCCN(CCCC)C(=O)CN1C[C@H](c2ccc3c(c2)OCO3)[C@H](C(=O)O)[C@H]1CN(Cc1ccccc1)C(C)=O. The van der Waals surface area contributed by atoms with Crippen LogP contribution in [0.15, 0.2) is 48.5 Å². The van der Waals surface area contributed by atoms with Crippen LogP contribution in [0, 0.1) is 5.92 Å². The number of ether oxygens (including phenoxy) is 2. The molecule has 0 unspecified atom stereocenters. The van der Waals surface area contributed by atoms with Crippen molar-refractivity contribution in [2.24, 2.45) is 5.92 Å². The second kappa shape index (κ2) is 14.3. The van der Waals surface area contributed by atoms with Gasteiger partial charge in [0, 0.05) is 51.6 Å². The largest absolute Gasteiger partial charge is 0.481 e. The molecule has 0 bridgehead atoms. The second-order valence-electron chi connectivity index (χ2n) is 11.1. The zero-order chi connectivity index (χ0) is 29.4. The zero-order valence-corrected chi connectivity index (χ0v) is 24.5. The summed E-state index contributed by atoms with van der Waals surface area (Å²) in [6, 6.07) is 14.7. The molecule has 9 heteroatoms. The average molecular weight is 566 g/mol. The first-order valence-electron chi connectivity index (χ1n) is 14.8. The van der Waals surface area contributed by atoms with Crippen LogP contribution in [-0.2, 0) is 20.9 Å². The maximum Gasteiger partial charge on any atom is 0.308 e. The molecule has 0 spiro atoms. The van der Waals surface area contributed by atoms with Crippen molar-refractivity contribution in [3.8, 4) is 11.5 Å². The van der Waals surface area contributed by atoms with Crippen molar-refractivity contribution in [1.82, 2.24) is 14.7 Å². The Hall–Kier alpha value is -3.59. The van der Waals surface area contributed by atoms with E-state index in [4.69, 9.17) is 9.47 Å². The van der Waals surface area contributed by atoms with Crippen LogP contribution in [0.2, 0.25) is 0 Å². The molecule has 1 fully saturated rings. The van der Waals surface area contributed by atoms with Crippen LogP contribution in [0.5, 0.6) is 11.5 Å². The lowest BCUT2D eigenvalue weighted by Crippen LogP contribution is -2.49. The Labute approximate surface area is 243 Å². The number of hydrogen-bond acceptors (Lipinski definition) is 6. The lowest BCUT2D eigenvalue weighted by molar-refractivity contribution is -0.145. The first kappa shape index (κ1) is 30.4. The van der Waals surface area contributed by atoms with Crippen molar-refractivity contribution in [2.75, 3.05) is 39.5 Å². The number of benzene rings is 2. The molecule has 222 valence electrons. The van der Waals surface area contributed by atoms with Gasteiger partial charge in [-0.1, -0.05) is 63.1 Å². The molecule has 1 saturated heterocycles. The Morgan fingerprint density at radius 3 is 2.27 bits per heavy atom. The molecular formula is C32H43N3O6. The van der Waals surface area contributed by atoms with E-state index in [1.54, 1.807) is 4.90 Å². The summed E-state index contributed by atoms with van der Waals surface area (Å²) in [7, 11) is 0. The predicted octanol–water partition coefficient (Wildman–Crippen LogP) is 4.36. The number of fused-ring (bicyclic) bond motifs is 1. The molecular weight excluding hydrogens is 522 g/mol. The number of aliphatic carboxylic acids is 1. The van der Waals surface area contributed by atoms with E-state index in [1.807, 2.05) is 58.3 Å². The summed E-state index contributed by atoms with van der Waals surface area (Å²) in [4.78, 5) is 45.0. The van der Waals surface area contributed by atoms with Gasteiger partial charge in [0.2, 0.25) is 18.6 Å². The quantitative estimate of drug-likeness (QED) is 0.363. The third-order valence-corrected chi connectivity index (χ3v) is 8.18. The van der Waals surface area contributed by atoms with Crippen LogP contribution in [0.4, 0.5) is 0 Å². The maximum atomic E-state index is 13.7. The molecule has 2 aromatic carbocycles. The maximum absolute atomic E-state index is 13.7. The van der Waals surface area contributed by atoms with E-state index in [2.05, 4.69) is 13.8 Å². The third-order valence-electron chi connectivity index (χ3n) is 8.18. The normalized spacial score (nSPS) is 19.7. The van der Waals surface area contributed by atoms with Crippen LogP contribution in [0.3, 0.4) is 0 Å². The van der Waals surface area contributed by atoms with Crippen LogP contribution in [0.25, 0.3) is 0 Å². The van der Waals surface area contributed by atoms with Gasteiger partial charge in [-0.05, 0) is 36.1 Å². The first-order chi connectivity index (χ1) is 19.8. The van der Waals surface area contributed by atoms with E-state index in [0.29, 0.717) is 37.7 Å². The topological polar surface area (TPSA) is 99.6 Å². The van der Waals surface area contributed by atoms with E-state index in [9.17, 15) is 19.5 Å².